The third kappa shape index (κ3) is 2.78. The summed E-state index contributed by atoms with van der Waals surface area (Å²) in [5, 5.41) is 11.0. The number of aromatic nitrogens is 4. The lowest BCUT2D eigenvalue weighted by atomic mass is 9.70. The van der Waals surface area contributed by atoms with E-state index in [-0.39, 0.29) is 22.7 Å². The van der Waals surface area contributed by atoms with Crippen LogP contribution in [0.5, 0.6) is 0 Å². The molecule has 1 unspecified atom stereocenters. The molecule has 8 heteroatoms. The second-order valence-corrected chi connectivity index (χ2v) is 11.4. The first-order chi connectivity index (χ1) is 14.0. The van der Waals surface area contributed by atoms with Crippen molar-refractivity contribution in [3.8, 4) is 0 Å². The van der Waals surface area contributed by atoms with Crippen LogP contribution in [-0.2, 0) is 10.3 Å². The van der Waals surface area contributed by atoms with Crippen LogP contribution in [0.3, 0.4) is 0 Å². The van der Waals surface area contributed by atoms with Gasteiger partial charge in [-0.25, -0.2) is 9.67 Å². The predicted octanol–water partition coefficient (Wildman–Crippen LogP) is 5.51. The van der Waals surface area contributed by atoms with Crippen LogP contribution in [0, 0.1) is 12.3 Å². The second kappa shape index (κ2) is 6.20. The summed E-state index contributed by atoms with van der Waals surface area (Å²) in [6.07, 6.45) is 3.31. The van der Waals surface area contributed by atoms with Crippen LogP contribution in [-0.4, -0.2) is 24.9 Å². The highest BCUT2D eigenvalue weighted by Crippen LogP contribution is 2.51. The fourth-order valence-electron chi connectivity index (χ4n) is 4.87. The molecule has 158 valence electrons. The minimum atomic E-state index is -0.284. The average Bonchev–Trinajstić information content (AvgIpc) is 3.25. The molecule has 0 bridgehead atoms. The fourth-order valence-corrected chi connectivity index (χ4v) is 5.92. The number of rotatable bonds is 1. The van der Waals surface area contributed by atoms with Gasteiger partial charge in [-0.1, -0.05) is 25.4 Å². The van der Waals surface area contributed by atoms with Crippen molar-refractivity contribution in [1.29, 1.82) is 0 Å². The Morgan fingerprint density at radius 1 is 1.30 bits per heavy atom. The van der Waals surface area contributed by atoms with Crippen molar-refractivity contribution in [3.63, 3.8) is 0 Å². The van der Waals surface area contributed by atoms with Gasteiger partial charge < -0.3 is 5.32 Å². The van der Waals surface area contributed by atoms with Crippen molar-refractivity contribution in [1.82, 2.24) is 19.2 Å². The lowest BCUT2D eigenvalue weighted by Crippen LogP contribution is -2.35. The molecule has 3 aromatic heterocycles. The van der Waals surface area contributed by atoms with Gasteiger partial charge in [-0.15, -0.1) is 11.3 Å². The van der Waals surface area contributed by atoms with E-state index < -0.39 is 0 Å². The molecule has 0 amide bonds. The molecule has 2 aliphatic rings. The number of hydrogen-bond donors (Lipinski definition) is 1. The highest BCUT2D eigenvalue weighted by Gasteiger charge is 2.45. The number of Topliss-reactive ketones (excluding diaryl/α,β-unsaturated/α-hetero) is 1. The van der Waals surface area contributed by atoms with Gasteiger partial charge in [-0.2, -0.15) is 5.10 Å². The van der Waals surface area contributed by atoms with E-state index in [4.69, 9.17) is 16.7 Å². The lowest BCUT2D eigenvalue weighted by Gasteiger charge is -2.39. The maximum absolute atomic E-state index is 13.5. The van der Waals surface area contributed by atoms with Crippen molar-refractivity contribution in [2.24, 2.45) is 5.41 Å². The van der Waals surface area contributed by atoms with Gasteiger partial charge in [0.1, 0.15) is 5.82 Å². The van der Waals surface area contributed by atoms with E-state index in [0.29, 0.717) is 11.6 Å². The minimum Gasteiger partial charge on any atom is -0.343 e. The summed E-state index contributed by atoms with van der Waals surface area (Å²) in [6, 6.07) is 0. The molecule has 3 aromatic rings. The second-order valence-electron chi connectivity index (χ2n) is 10.2. The number of ketones is 1. The number of carbonyl (C=O) groups excluding carboxylic acids is 1. The predicted molar refractivity (Wildman–Crippen MR) is 121 cm³/mol. The summed E-state index contributed by atoms with van der Waals surface area (Å²) in [5.41, 5.74) is 4.28. The van der Waals surface area contributed by atoms with Gasteiger partial charge in [0.25, 0.3) is 0 Å². The van der Waals surface area contributed by atoms with E-state index in [1.165, 1.54) is 0 Å². The Balaban J connectivity index is 1.84. The summed E-state index contributed by atoms with van der Waals surface area (Å²) in [6.45, 7) is 12.7. The number of imidazole rings is 1. The van der Waals surface area contributed by atoms with Gasteiger partial charge in [0.15, 0.2) is 15.9 Å². The molecular weight excluding hydrogens is 418 g/mol. The Kier molecular flexibility index (Phi) is 4.10. The number of carbonyl (C=O) groups is 1. The van der Waals surface area contributed by atoms with Crippen molar-refractivity contribution in [3.05, 3.63) is 45.0 Å². The fraction of sp³-hybridized carbons (Fsp3) is 0.500. The van der Waals surface area contributed by atoms with Crippen LogP contribution < -0.4 is 5.32 Å². The maximum Gasteiger partial charge on any atom is 0.195 e. The summed E-state index contributed by atoms with van der Waals surface area (Å²) < 4.78 is 4.07. The van der Waals surface area contributed by atoms with E-state index >= 15 is 0 Å². The van der Waals surface area contributed by atoms with Crippen LogP contribution in [0.4, 0.5) is 5.82 Å². The number of nitrogens with one attached hydrogen (secondary N) is 1. The van der Waals surface area contributed by atoms with Crippen LogP contribution in [0.15, 0.2) is 22.8 Å². The number of anilines is 1. The minimum absolute atomic E-state index is 0.0918. The van der Waals surface area contributed by atoms with E-state index in [1.807, 2.05) is 27.6 Å². The largest absolute Gasteiger partial charge is 0.343 e. The molecule has 0 saturated carbocycles. The normalized spacial score (nSPS) is 21.0. The molecule has 1 N–H and O–H groups in total. The van der Waals surface area contributed by atoms with Crippen molar-refractivity contribution in [2.75, 3.05) is 5.32 Å². The topological polar surface area (TPSA) is 64.2 Å². The number of nitrogens with zero attached hydrogens (tertiary/aromatic N) is 4. The third-order valence-corrected chi connectivity index (χ3v) is 7.07. The molecule has 6 nitrogen and oxygen atoms in total. The Hall–Kier alpha value is -2.12. The monoisotopic (exact) mass is 443 g/mol. The highest BCUT2D eigenvalue weighted by molar-refractivity contribution is 7.15. The van der Waals surface area contributed by atoms with E-state index in [9.17, 15) is 4.79 Å². The number of thiazole rings is 1. The molecule has 1 aliphatic carbocycles. The molecule has 0 spiro atoms. The zero-order chi connectivity index (χ0) is 21.6. The van der Waals surface area contributed by atoms with E-state index in [2.05, 4.69) is 44.9 Å². The highest BCUT2D eigenvalue weighted by atomic mass is 35.5. The summed E-state index contributed by atoms with van der Waals surface area (Å²) in [7, 11) is 0. The van der Waals surface area contributed by atoms with Crippen molar-refractivity contribution >= 4 is 39.5 Å². The van der Waals surface area contributed by atoms with Gasteiger partial charge in [0, 0.05) is 34.8 Å². The average molecular weight is 444 g/mol. The van der Waals surface area contributed by atoms with Gasteiger partial charge in [-0.05, 0) is 39.5 Å². The van der Waals surface area contributed by atoms with Gasteiger partial charge in [0.2, 0.25) is 0 Å². The van der Waals surface area contributed by atoms with Crippen molar-refractivity contribution < 1.29 is 4.79 Å². The zero-order valence-electron chi connectivity index (χ0n) is 18.1. The van der Waals surface area contributed by atoms with E-state index in [1.54, 1.807) is 11.3 Å². The summed E-state index contributed by atoms with van der Waals surface area (Å²) >= 11 is 8.23. The van der Waals surface area contributed by atoms with Gasteiger partial charge >= 0.3 is 0 Å². The number of aryl methyl sites for hydroxylation is 1. The third-order valence-electron chi connectivity index (χ3n) is 6.04. The number of halogens is 1. The first kappa shape index (κ1) is 19.8. The summed E-state index contributed by atoms with van der Waals surface area (Å²) in [4.78, 5) is 18.9. The molecule has 4 heterocycles. The Bertz CT molecular complexity index is 1240. The van der Waals surface area contributed by atoms with Crippen LogP contribution in [0.25, 0.3) is 4.96 Å². The Morgan fingerprint density at radius 3 is 2.73 bits per heavy atom. The van der Waals surface area contributed by atoms with E-state index in [0.717, 1.165) is 45.4 Å². The molecule has 0 saturated heterocycles. The smallest absolute Gasteiger partial charge is 0.195 e. The van der Waals surface area contributed by atoms with Crippen LogP contribution in [0.2, 0.25) is 5.15 Å². The molecule has 30 heavy (non-hydrogen) atoms. The Morgan fingerprint density at radius 2 is 2.03 bits per heavy atom. The SMILES string of the molecule is Cc1nn(C(C)(C)C)c2c1C(c1c(Cl)nc3sccn13)C1=C(CC(C)(C)CC1=O)N2. The molecule has 5 rings (SSSR count). The Labute approximate surface area is 184 Å². The van der Waals surface area contributed by atoms with Crippen LogP contribution in [0.1, 0.15) is 70.3 Å². The van der Waals surface area contributed by atoms with Crippen LogP contribution >= 0.6 is 22.9 Å². The zero-order valence-corrected chi connectivity index (χ0v) is 19.7. The first-order valence-electron chi connectivity index (χ1n) is 10.2. The van der Waals surface area contributed by atoms with Gasteiger partial charge in [-0.3, -0.25) is 9.20 Å². The number of fused-ring (bicyclic) bond motifs is 2. The number of hydrogen-bond acceptors (Lipinski definition) is 5. The quantitative estimate of drug-likeness (QED) is 0.538. The maximum atomic E-state index is 13.5. The first-order valence-corrected chi connectivity index (χ1v) is 11.5. The lowest BCUT2D eigenvalue weighted by molar-refractivity contribution is -0.118. The molecular formula is C22H26ClN5OS. The molecule has 0 fully saturated rings. The number of allylic oxidation sites excluding steroid dienone is 2. The van der Waals surface area contributed by atoms with Gasteiger partial charge in [0.05, 0.1) is 22.8 Å². The van der Waals surface area contributed by atoms with Crippen molar-refractivity contribution in [2.45, 2.75) is 65.8 Å². The summed E-state index contributed by atoms with van der Waals surface area (Å²) in [5.74, 6) is 0.845. The standard InChI is InChI=1S/C22H26ClN5OS/c1-11-14-16(17-18(23)25-20-27(17)7-8-30-20)15-12(9-22(5,6)10-13(15)29)24-19(14)28(26-11)21(2,3)4/h7-8,16,24H,9-10H2,1-6H3. The molecule has 1 atom stereocenters. The molecule has 0 radical (unpaired) electrons. The molecule has 1 aliphatic heterocycles. The molecule has 0 aromatic carbocycles.